The zero-order chi connectivity index (χ0) is 22.0. The smallest absolute Gasteiger partial charge is 0.410 e. The molecule has 3 fully saturated rings. The Hall–Kier alpha value is -2.31. The summed E-state index contributed by atoms with van der Waals surface area (Å²) in [5.41, 5.74) is 0.100. The van der Waals surface area contributed by atoms with Crippen LogP contribution in [0.25, 0.3) is 0 Å². The molecule has 2 saturated carbocycles. The number of nitrogens with zero attached hydrogens (tertiary/aromatic N) is 1. The van der Waals surface area contributed by atoms with Crippen LogP contribution in [0.4, 0.5) is 9.18 Å². The summed E-state index contributed by atoms with van der Waals surface area (Å²) in [6.07, 6.45) is 5.98. The Balaban J connectivity index is 1.14. The summed E-state index contributed by atoms with van der Waals surface area (Å²) in [4.78, 5) is 25.4. The molecule has 2 atom stereocenters. The summed E-state index contributed by atoms with van der Waals surface area (Å²) < 4.78 is 30.0. The van der Waals surface area contributed by atoms with Gasteiger partial charge >= 0.3 is 12.1 Å². The number of methoxy groups -OCH3 is 1. The van der Waals surface area contributed by atoms with Crippen molar-refractivity contribution in [2.45, 2.75) is 57.5 Å². The Morgan fingerprint density at radius 1 is 1.23 bits per heavy atom. The van der Waals surface area contributed by atoms with Gasteiger partial charge in [0, 0.05) is 19.2 Å². The van der Waals surface area contributed by atoms with E-state index in [9.17, 15) is 14.0 Å². The highest BCUT2D eigenvalue weighted by Gasteiger charge is 2.45. The average molecular weight is 434 g/mol. The molecule has 2 unspecified atom stereocenters. The van der Waals surface area contributed by atoms with Crippen molar-refractivity contribution in [3.63, 3.8) is 0 Å². The maximum absolute atomic E-state index is 14.1. The maximum Gasteiger partial charge on any atom is 0.410 e. The van der Waals surface area contributed by atoms with Gasteiger partial charge in [-0.25, -0.2) is 9.18 Å². The molecule has 2 aliphatic carbocycles. The molecule has 1 aromatic rings. The Bertz CT molecular complexity index is 816. The van der Waals surface area contributed by atoms with E-state index in [1.807, 2.05) is 11.8 Å². The molecule has 4 rings (SSSR count). The van der Waals surface area contributed by atoms with Gasteiger partial charge in [0.2, 0.25) is 0 Å². The van der Waals surface area contributed by atoms with E-state index in [1.54, 1.807) is 12.1 Å². The summed E-state index contributed by atoms with van der Waals surface area (Å²) in [6, 6.07) is 4.60. The number of ether oxygens (including phenoxy) is 3. The molecule has 31 heavy (non-hydrogen) atoms. The Kier molecular flexibility index (Phi) is 6.39. The van der Waals surface area contributed by atoms with Crippen molar-refractivity contribution < 1.29 is 28.2 Å². The quantitative estimate of drug-likeness (QED) is 0.571. The second kappa shape index (κ2) is 9.05. The van der Waals surface area contributed by atoms with Gasteiger partial charge in [-0.05, 0) is 74.8 Å². The summed E-state index contributed by atoms with van der Waals surface area (Å²) in [6.45, 7) is 4.13. The molecular weight excluding hydrogens is 401 g/mol. The molecular formula is C24H32FNO5. The van der Waals surface area contributed by atoms with Gasteiger partial charge in [0.15, 0.2) is 0 Å². The number of hydrogen-bond acceptors (Lipinski definition) is 5. The maximum atomic E-state index is 14.1. The molecule has 1 heterocycles. The SMILES string of the molecule is COC(=O)Cc1ccc(OCCC2CC2C2CCN(C(=O)OC3(C)CC3)CC2)cc1F. The third-order valence-corrected chi connectivity index (χ3v) is 7.01. The number of hydrogen-bond donors (Lipinski definition) is 0. The van der Waals surface area contributed by atoms with E-state index in [0.717, 1.165) is 45.2 Å². The topological polar surface area (TPSA) is 65.1 Å². The number of halogens is 1. The number of benzene rings is 1. The molecule has 1 aliphatic heterocycles. The molecule has 1 amide bonds. The van der Waals surface area contributed by atoms with E-state index < -0.39 is 11.8 Å². The summed E-state index contributed by atoms with van der Waals surface area (Å²) in [5.74, 6) is 1.60. The van der Waals surface area contributed by atoms with Crippen LogP contribution in [0.3, 0.4) is 0 Å². The third kappa shape index (κ3) is 5.69. The molecule has 7 heteroatoms. The molecule has 0 radical (unpaired) electrons. The number of carbonyl (C=O) groups excluding carboxylic acids is 2. The number of rotatable bonds is 8. The first-order valence-electron chi connectivity index (χ1n) is 11.3. The van der Waals surface area contributed by atoms with E-state index in [-0.39, 0.29) is 18.1 Å². The number of esters is 1. The van der Waals surface area contributed by atoms with Crippen molar-refractivity contribution in [2.24, 2.45) is 17.8 Å². The van der Waals surface area contributed by atoms with Gasteiger partial charge in [-0.15, -0.1) is 0 Å². The van der Waals surface area contributed by atoms with Crippen LogP contribution in [0, 0.1) is 23.6 Å². The van der Waals surface area contributed by atoms with Crippen LogP contribution < -0.4 is 4.74 Å². The molecule has 6 nitrogen and oxygen atoms in total. The Morgan fingerprint density at radius 3 is 2.61 bits per heavy atom. The molecule has 170 valence electrons. The normalized spacial score (nSPS) is 24.4. The second-order valence-corrected chi connectivity index (χ2v) is 9.45. The van der Waals surface area contributed by atoms with Crippen molar-refractivity contribution >= 4 is 12.1 Å². The number of likely N-dealkylation sites (tertiary alicyclic amines) is 1. The second-order valence-electron chi connectivity index (χ2n) is 9.45. The molecule has 0 aromatic heterocycles. The van der Waals surface area contributed by atoms with Crippen LogP contribution in [0.1, 0.15) is 51.0 Å². The van der Waals surface area contributed by atoms with E-state index >= 15 is 0 Å². The predicted molar refractivity (Wildman–Crippen MR) is 112 cm³/mol. The predicted octanol–water partition coefficient (Wildman–Crippen LogP) is 4.35. The minimum absolute atomic E-state index is 0.0811. The molecule has 1 aromatic carbocycles. The standard InChI is InChI=1S/C24H32FNO5/c1-24(8-9-24)31-23(28)26-10-5-16(6-11-26)20-13-17(20)7-12-30-19-4-3-18(21(25)15-19)14-22(27)29-2/h3-4,15-17,20H,5-14H2,1-2H3. The molecule has 0 spiro atoms. The molecule has 3 aliphatic rings. The van der Waals surface area contributed by atoms with Crippen LogP contribution in [0.2, 0.25) is 0 Å². The van der Waals surface area contributed by atoms with Crippen LogP contribution in [0.5, 0.6) is 5.75 Å². The van der Waals surface area contributed by atoms with E-state index in [0.29, 0.717) is 35.7 Å². The van der Waals surface area contributed by atoms with Crippen LogP contribution in [-0.4, -0.2) is 49.4 Å². The van der Waals surface area contributed by atoms with Gasteiger partial charge in [0.05, 0.1) is 20.1 Å². The van der Waals surface area contributed by atoms with Gasteiger partial charge in [-0.3, -0.25) is 4.79 Å². The fraction of sp³-hybridized carbons (Fsp3) is 0.667. The van der Waals surface area contributed by atoms with Crippen LogP contribution in [-0.2, 0) is 20.7 Å². The first-order valence-corrected chi connectivity index (χ1v) is 11.3. The number of piperidine rings is 1. The fourth-order valence-corrected chi connectivity index (χ4v) is 4.56. The monoisotopic (exact) mass is 433 g/mol. The first-order chi connectivity index (χ1) is 14.9. The van der Waals surface area contributed by atoms with E-state index in [4.69, 9.17) is 9.47 Å². The number of amides is 1. The van der Waals surface area contributed by atoms with Crippen molar-refractivity contribution in [1.82, 2.24) is 4.90 Å². The zero-order valence-corrected chi connectivity index (χ0v) is 18.4. The minimum Gasteiger partial charge on any atom is -0.493 e. The summed E-state index contributed by atoms with van der Waals surface area (Å²) in [5, 5.41) is 0. The highest BCUT2D eigenvalue weighted by molar-refractivity contribution is 5.72. The Morgan fingerprint density at radius 2 is 1.97 bits per heavy atom. The van der Waals surface area contributed by atoms with Crippen molar-refractivity contribution in [2.75, 3.05) is 26.8 Å². The third-order valence-electron chi connectivity index (χ3n) is 7.01. The van der Waals surface area contributed by atoms with Gasteiger partial charge in [-0.1, -0.05) is 6.07 Å². The average Bonchev–Trinajstić information content (AvgIpc) is 3.68. The lowest BCUT2D eigenvalue weighted by Crippen LogP contribution is -2.40. The zero-order valence-electron chi connectivity index (χ0n) is 18.4. The van der Waals surface area contributed by atoms with Crippen LogP contribution in [0.15, 0.2) is 18.2 Å². The first kappa shape index (κ1) is 21.9. The highest BCUT2D eigenvalue weighted by atomic mass is 19.1. The van der Waals surface area contributed by atoms with Crippen molar-refractivity contribution in [3.05, 3.63) is 29.6 Å². The molecule has 1 saturated heterocycles. The van der Waals surface area contributed by atoms with Gasteiger partial charge < -0.3 is 19.1 Å². The lowest BCUT2D eigenvalue weighted by atomic mass is 9.91. The number of carbonyl (C=O) groups is 2. The lowest BCUT2D eigenvalue weighted by molar-refractivity contribution is -0.139. The van der Waals surface area contributed by atoms with Gasteiger partial charge in [0.25, 0.3) is 0 Å². The summed E-state index contributed by atoms with van der Waals surface area (Å²) >= 11 is 0. The molecule has 0 N–H and O–H groups in total. The lowest BCUT2D eigenvalue weighted by Gasteiger charge is -2.32. The van der Waals surface area contributed by atoms with Crippen molar-refractivity contribution in [1.29, 1.82) is 0 Å². The highest BCUT2D eigenvalue weighted by Crippen LogP contribution is 2.50. The summed E-state index contributed by atoms with van der Waals surface area (Å²) in [7, 11) is 1.29. The van der Waals surface area contributed by atoms with E-state index in [1.165, 1.54) is 19.6 Å². The van der Waals surface area contributed by atoms with E-state index in [2.05, 4.69) is 4.74 Å². The Labute approximate surface area is 183 Å². The molecule has 0 bridgehead atoms. The van der Waals surface area contributed by atoms with Crippen molar-refractivity contribution in [3.8, 4) is 5.75 Å². The fourth-order valence-electron chi connectivity index (χ4n) is 4.56. The van der Waals surface area contributed by atoms with Gasteiger partial charge in [-0.2, -0.15) is 0 Å². The minimum atomic E-state index is -0.465. The van der Waals surface area contributed by atoms with Crippen LogP contribution >= 0.6 is 0 Å². The van der Waals surface area contributed by atoms with Gasteiger partial charge in [0.1, 0.15) is 17.2 Å². The largest absolute Gasteiger partial charge is 0.493 e.